The van der Waals surface area contributed by atoms with E-state index in [1.165, 1.54) is 18.2 Å². The van der Waals surface area contributed by atoms with Gasteiger partial charge < -0.3 is 10.0 Å². The molecule has 1 fully saturated rings. The lowest BCUT2D eigenvalue weighted by molar-refractivity contribution is 0.0753. The molecule has 0 radical (unpaired) electrons. The van der Waals surface area contributed by atoms with E-state index in [0.717, 1.165) is 12.2 Å². The van der Waals surface area contributed by atoms with Crippen molar-refractivity contribution in [3.63, 3.8) is 0 Å². The van der Waals surface area contributed by atoms with Crippen LogP contribution in [0.4, 0.5) is 4.39 Å². The minimum atomic E-state index is -0.661. The van der Waals surface area contributed by atoms with Crippen LogP contribution in [0, 0.1) is 5.82 Å². The molecule has 1 unspecified atom stereocenters. The van der Waals surface area contributed by atoms with Crippen LogP contribution in [-0.4, -0.2) is 40.0 Å². The van der Waals surface area contributed by atoms with E-state index in [1.54, 1.807) is 4.90 Å². The zero-order chi connectivity index (χ0) is 13.1. The second kappa shape index (κ2) is 5.61. The topological polar surface area (TPSA) is 40.5 Å². The molecule has 0 spiro atoms. The van der Waals surface area contributed by atoms with Crippen LogP contribution < -0.4 is 0 Å². The summed E-state index contributed by atoms with van der Waals surface area (Å²) in [4.78, 5) is 13.8. The highest BCUT2D eigenvalue weighted by molar-refractivity contribution is 8.00. The molecule has 5 heteroatoms. The van der Waals surface area contributed by atoms with Crippen molar-refractivity contribution >= 4 is 17.7 Å². The number of rotatable bonds is 2. The zero-order valence-electron chi connectivity index (χ0n) is 10.2. The molecule has 3 nitrogen and oxygen atoms in total. The van der Waals surface area contributed by atoms with E-state index >= 15 is 0 Å². The number of halogens is 1. The molecule has 2 rings (SSSR count). The molecule has 1 atom stereocenters. The molecule has 1 aliphatic heterocycles. The van der Waals surface area contributed by atoms with Gasteiger partial charge in [0.15, 0.2) is 0 Å². The molecule has 1 saturated heterocycles. The number of benzene rings is 1. The van der Waals surface area contributed by atoms with Crippen LogP contribution in [0.15, 0.2) is 18.2 Å². The van der Waals surface area contributed by atoms with E-state index in [1.807, 2.05) is 11.8 Å². The summed E-state index contributed by atoms with van der Waals surface area (Å²) in [5.74, 6) is -0.499. The molecule has 0 aromatic heterocycles. The fourth-order valence-electron chi connectivity index (χ4n) is 2.03. The standard InChI is InChI=1S/C13H16FNO2S/c1-2-9-8-15(6-7-18-9)13(17)12-10(14)4-3-5-11(12)16/h3-5,9,16H,2,6-8H2,1H3. The second-order valence-corrected chi connectivity index (χ2v) is 5.69. The van der Waals surface area contributed by atoms with Crippen LogP contribution in [0.5, 0.6) is 5.75 Å². The maximum Gasteiger partial charge on any atom is 0.260 e. The highest BCUT2D eigenvalue weighted by Crippen LogP contribution is 2.26. The number of hydrogen-bond acceptors (Lipinski definition) is 3. The Hall–Kier alpha value is -1.23. The first-order valence-electron chi connectivity index (χ1n) is 6.01. The third-order valence-electron chi connectivity index (χ3n) is 3.09. The van der Waals surface area contributed by atoms with Gasteiger partial charge in [0.25, 0.3) is 5.91 Å². The monoisotopic (exact) mass is 269 g/mol. The average Bonchev–Trinajstić information content (AvgIpc) is 2.38. The van der Waals surface area contributed by atoms with Crippen LogP contribution in [-0.2, 0) is 0 Å². The largest absolute Gasteiger partial charge is 0.507 e. The fraction of sp³-hybridized carbons (Fsp3) is 0.462. The Balaban J connectivity index is 2.20. The number of carbonyl (C=O) groups is 1. The van der Waals surface area contributed by atoms with Gasteiger partial charge in [0.2, 0.25) is 0 Å². The highest BCUT2D eigenvalue weighted by atomic mass is 32.2. The Morgan fingerprint density at radius 1 is 1.61 bits per heavy atom. The first kappa shape index (κ1) is 13.2. The lowest BCUT2D eigenvalue weighted by atomic mass is 10.1. The quantitative estimate of drug-likeness (QED) is 0.896. The third kappa shape index (κ3) is 2.61. The minimum absolute atomic E-state index is 0.209. The summed E-state index contributed by atoms with van der Waals surface area (Å²) >= 11 is 1.84. The summed E-state index contributed by atoms with van der Waals surface area (Å²) in [7, 11) is 0. The van der Waals surface area contributed by atoms with E-state index in [-0.39, 0.29) is 11.3 Å². The molecule has 0 saturated carbocycles. The van der Waals surface area contributed by atoms with Gasteiger partial charge in [0.05, 0.1) is 0 Å². The van der Waals surface area contributed by atoms with E-state index < -0.39 is 11.7 Å². The number of phenols is 1. The average molecular weight is 269 g/mol. The molecule has 1 heterocycles. The SMILES string of the molecule is CCC1CN(C(=O)c2c(O)cccc2F)CCS1. The van der Waals surface area contributed by atoms with Crippen molar-refractivity contribution in [2.24, 2.45) is 0 Å². The Bertz CT molecular complexity index is 432. The molecular weight excluding hydrogens is 253 g/mol. The Kier molecular flexibility index (Phi) is 4.11. The third-order valence-corrected chi connectivity index (χ3v) is 4.46. The molecular formula is C13H16FNO2S. The van der Waals surface area contributed by atoms with Gasteiger partial charge in [-0.3, -0.25) is 4.79 Å². The summed E-state index contributed by atoms with van der Waals surface area (Å²) in [6.45, 7) is 3.30. The molecule has 1 amide bonds. The van der Waals surface area contributed by atoms with Crippen molar-refractivity contribution in [2.75, 3.05) is 18.8 Å². The Morgan fingerprint density at radius 2 is 2.39 bits per heavy atom. The van der Waals surface area contributed by atoms with E-state index in [9.17, 15) is 14.3 Å². The predicted molar refractivity (Wildman–Crippen MR) is 70.5 cm³/mol. The van der Waals surface area contributed by atoms with E-state index in [0.29, 0.717) is 18.3 Å². The number of amides is 1. The van der Waals surface area contributed by atoms with Gasteiger partial charge in [-0.2, -0.15) is 11.8 Å². The predicted octanol–water partition coefficient (Wildman–Crippen LogP) is 2.50. The van der Waals surface area contributed by atoms with Gasteiger partial charge in [-0.05, 0) is 18.6 Å². The van der Waals surface area contributed by atoms with E-state index in [4.69, 9.17) is 0 Å². The number of nitrogens with zero attached hydrogens (tertiary/aromatic N) is 1. The summed E-state index contributed by atoms with van der Waals surface area (Å²) in [6, 6.07) is 3.93. The number of aromatic hydroxyl groups is 1. The number of phenolic OH excluding ortho intramolecular Hbond substituents is 1. The van der Waals surface area contributed by atoms with Crippen molar-refractivity contribution in [1.29, 1.82) is 0 Å². The van der Waals surface area contributed by atoms with Gasteiger partial charge in [0.1, 0.15) is 17.1 Å². The normalized spacial score (nSPS) is 19.9. The maximum absolute atomic E-state index is 13.6. The molecule has 1 N–H and O–H groups in total. The summed E-state index contributed by atoms with van der Waals surface area (Å²) < 4.78 is 13.6. The second-order valence-electron chi connectivity index (χ2n) is 4.29. The number of hydrogen-bond donors (Lipinski definition) is 1. The van der Waals surface area contributed by atoms with Gasteiger partial charge >= 0.3 is 0 Å². The molecule has 98 valence electrons. The van der Waals surface area contributed by atoms with Gasteiger partial charge in [0, 0.05) is 24.1 Å². The van der Waals surface area contributed by atoms with E-state index in [2.05, 4.69) is 6.92 Å². The first-order chi connectivity index (χ1) is 8.63. The lowest BCUT2D eigenvalue weighted by Crippen LogP contribution is -2.42. The van der Waals surface area contributed by atoms with Gasteiger partial charge in [-0.1, -0.05) is 13.0 Å². The Morgan fingerprint density at radius 3 is 3.06 bits per heavy atom. The molecule has 0 aliphatic carbocycles. The summed E-state index contributed by atoms with van der Waals surface area (Å²) in [5, 5.41) is 10.0. The van der Waals surface area contributed by atoms with Crippen molar-refractivity contribution in [2.45, 2.75) is 18.6 Å². The molecule has 0 bridgehead atoms. The molecule has 1 aliphatic rings. The fourth-order valence-corrected chi connectivity index (χ4v) is 3.21. The van der Waals surface area contributed by atoms with Crippen molar-refractivity contribution in [3.8, 4) is 5.75 Å². The van der Waals surface area contributed by atoms with Gasteiger partial charge in [-0.25, -0.2) is 4.39 Å². The van der Waals surface area contributed by atoms with Gasteiger partial charge in [-0.15, -0.1) is 0 Å². The van der Waals surface area contributed by atoms with Crippen LogP contribution in [0.2, 0.25) is 0 Å². The number of carbonyl (C=O) groups excluding carboxylic acids is 1. The van der Waals surface area contributed by atoms with Crippen molar-refractivity contribution < 1.29 is 14.3 Å². The first-order valence-corrected chi connectivity index (χ1v) is 7.06. The highest BCUT2D eigenvalue weighted by Gasteiger charge is 2.27. The van der Waals surface area contributed by atoms with Crippen LogP contribution >= 0.6 is 11.8 Å². The lowest BCUT2D eigenvalue weighted by Gasteiger charge is -2.32. The van der Waals surface area contributed by atoms with Crippen LogP contribution in [0.1, 0.15) is 23.7 Å². The summed E-state index contributed by atoms with van der Waals surface area (Å²) in [6.07, 6.45) is 0.984. The van der Waals surface area contributed by atoms with Crippen LogP contribution in [0.25, 0.3) is 0 Å². The van der Waals surface area contributed by atoms with Crippen molar-refractivity contribution in [1.82, 2.24) is 4.90 Å². The smallest absolute Gasteiger partial charge is 0.260 e. The minimum Gasteiger partial charge on any atom is -0.507 e. The number of thioether (sulfide) groups is 1. The zero-order valence-corrected chi connectivity index (χ0v) is 11.0. The molecule has 1 aromatic rings. The molecule has 1 aromatic carbocycles. The van der Waals surface area contributed by atoms with Crippen molar-refractivity contribution in [3.05, 3.63) is 29.6 Å². The Labute approximate surface area is 110 Å². The van der Waals surface area contributed by atoms with Crippen LogP contribution in [0.3, 0.4) is 0 Å². The molecule has 18 heavy (non-hydrogen) atoms. The maximum atomic E-state index is 13.6. The summed E-state index contributed by atoms with van der Waals surface area (Å²) in [5.41, 5.74) is -0.209.